The quantitative estimate of drug-likeness (QED) is 0.483. The summed E-state index contributed by atoms with van der Waals surface area (Å²) in [4.78, 5) is 39.4. The van der Waals surface area contributed by atoms with E-state index in [1.807, 2.05) is 0 Å². The molecule has 2 unspecified atom stereocenters. The summed E-state index contributed by atoms with van der Waals surface area (Å²) in [6.45, 7) is 5.50. The first-order valence-corrected chi connectivity index (χ1v) is 7.76. The fraction of sp³-hybridized carbons (Fsp3) is 0.353. The molecule has 1 aliphatic rings. The smallest absolute Gasteiger partial charge is 0.313 e. The van der Waals surface area contributed by atoms with Gasteiger partial charge in [0.05, 0.1) is 16.3 Å². The number of carboxylic acids is 1. The van der Waals surface area contributed by atoms with Gasteiger partial charge >= 0.3 is 5.97 Å². The molecule has 1 N–H and O–H groups in total. The van der Waals surface area contributed by atoms with Crippen LogP contribution in [0, 0.1) is 16.0 Å². The highest BCUT2D eigenvalue weighted by Crippen LogP contribution is 2.40. The molecule has 2 atom stereocenters. The van der Waals surface area contributed by atoms with Crippen molar-refractivity contribution < 1.29 is 19.6 Å². The van der Waals surface area contributed by atoms with Crippen molar-refractivity contribution in [2.45, 2.75) is 26.7 Å². The Morgan fingerprint density at radius 2 is 1.96 bits per heavy atom. The van der Waals surface area contributed by atoms with E-state index < -0.39 is 22.7 Å². The highest BCUT2D eigenvalue weighted by Gasteiger charge is 2.40. The number of amides is 1. The lowest BCUT2D eigenvalue weighted by Gasteiger charge is -2.35. The number of non-ortho nitro benzene ring substituents is 1. The molecule has 2 rings (SSSR count). The molecule has 8 nitrogen and oxygen atoms in total. The van der Waals surface area contributed by atoms with E-state index in [1.165, 1.54) is 29.2 Å². The number of allylic oxidation sites excluding steroid dienone is 2. The van der Waals surface area contributed by atoms with Crippen molar-refractivity contribution in [3.63, 3.8) is 0 Å². The SMILES string of the molecule is CCN(C=O)C1=C(C)N=C(C)C(C(=O)O)C1c1ccc([N+](=O)[O-])cc1. The number of likely N-dealkylation sites (N-methyl/N-ethyl adjacent to an activating group) is 1. The molecule has 1 amide bonds. The second-order valence-electron chi connectivity index (χ2n) is 5.76. The number of rotatable bonds is 6. The number of hydrogen-bond donors (Lipinski definition) is 1. The van der Waals surface area contributed by atoms with Crippen molar-refractivity contribution in [3.8, 4) is 0 Å². The van der Waals surface area contributed by atoms with Crippen molar-refractivity contribution in [1.82, 2.24) is 4.90 Å². The van der Waals surface area contributed by atoms with E-state index in [2.05, 4.69) is 4.99 Å². The molecule has 0 radical (unpaired) electrons. The number of carbonyl (C=O) groups excluding carboxylic acids is 1. The van der Waals surface area contributed by atoms with Gasteiger partial charge in [-0.25, -0.2) is 0 Å². The highest BCUT2D eigenvalue weighted by molar-refractivity contribution is 6.03. The lowest BCUT2D eigenvalue weighted by Crippen LogP contribution is -2.38. The average Bonchev–Trinajstić information content (AvgIpc) is 2.56. The Morgan fingerprint density at radius 3 is 2.40 bits per heavy atom. The molecule has 1 aliphatic heterocycles. The maximum atomic E-state index is 11.9. The number of benzene rings is 1. The maximum absolute atomic E-state index is 11.9. The first kappa shape index (κ1) is 18.3. The van der Waals surface area contributed by atoms with E-state index in [0.717, 1.165) is 0 Å². The molecular weight excluding hydrogens is 326 g/mol. The molecule has 25 heavy (non-hydrogen) atoms. The molecular formula is C17H19N3O5. The van der Waals surface area contributed by atoms with Gasteiger partial charge in [-0.3, -0.25) is 24.7 Å². The van der Waals surface area contributed by atoms with E-state index in [1.54, 1.807) is 20.8 Å². The molecule has 0 saturated carbocycles. The van der Waals surface area contributed by atoms with Crippen LogP contribution in [-0.4, -0.2) is 39.6 Å². The highest BCUT2D eigenvalue weighted by atomic mass is 16.6. The Hall–Kier alpha value is -3.03. The van der Waals surface area contributed by atoms with Gasteiger partial charge in [-0.1, -0.05) is 12.1 Å². The van der Waals surface area contributed by atoms with Crippen molar-refractivity contribution in [3.05, 3.63) is 51.3 Å². The van der Waals surface area contributed by atoms with Crippen LogP contribution in [0.2, 0.25) is 0 Å². The summed E-state index contributed by atoms with van der Waals surface area (Å²) in [6.07, 6.45) is 0.645. The number of carboxylic acid groups (broad SMARTS) is 1. The number of hydrogen-bond acceptors (Lipinski definition) is 5. The van der Waals surface area contributed by atoms with Crippen molar-refractivity contribution in [2.24, 2.45) is 10.9 Å². The third-order valence-corrected chi connectivity index (χ3v) is 4.30. The number of aliphatic imine (C=N–C) groups is 1. The first-order valence-electron chi connectivity index (χ1n) is 7.76. The number of carbonyl (C=O) groups is 2. The Bertz CT molecular complexity index is 767. The largest absolute Gasteiger partial charge is 0.481 e. The fourth-order valence-corrected chi connectivity index (χ4v) is 3.18. The van der Waals surface area contributed by atoms with Crippen LogP contribution in [-0.2, 0) is 9.59 Å². The van der Waals surface area contributed by atoms with Gasteiger partial charge in [-0.05, 0) is 26.3 Å². The zero-order chi connectivity index (χ0) is 18.7. The number of aliphatic carboxylic acids is 1. The maximum Gasteiger partial charge on any atom is 0.313 e. The van der Waals surface area contributed by atoms with Gasteiger partial charge in [0.15, 0.2) is 0 Å². The minimum absolute atomic E-state index is 0.0817. The molecule has 0 fully saturated rings. The molecule has 8 heteroatoms. The first-order chi connectivity index (χ1) is 11.8. The van der Waals surface area contributed by atoms with Gasteiger partial charge in [0.1, 0.15) is 5.92 Å². The Labute approximate surface area is 144 Å². The van der Waals surface area contributed by atoms with Crippen molar-refractivity contribution in [2.75, 3.05) is 6.54 Å². The van der Waals surface area contributed by atoms with Gasteiger partial charge in [0.2, 0.25) is 6.41 Å². The molecule has 0 aliphatic carbocycles. The summed E-state index contributed by atoms with van der Waals surface area (Å²) in [5.74, 6) is -2.66. The standard InChI is InChI=1S/C17H19N3O5/c1-4-19(9-21)16-11(3)18-10(2)14(17(22)23)15(16)12-5-7-13(8-6-12)20(24)25/h5-9,14-15H,4H2,1-3H3,(H,22,23). The van der Waals surface area contributed by atoms with E-state index >= 15 is 0 Å². The van der Waals surface area contributed by atoms with Gasteiger partial charge in [0, 0.05) is 30.3 Å². The van der Waals surface area contributed by atoms with Crippen LogP contribution < -0.4 is 0 Å². The average molecular weight is 345 g/mol. The van der Waals surface area contributed by atoms with Gasteiger partial charge < -0.3 is 10.0 Å². The minimum atomic E-state index is -1.06. The topological polar surface area (TPSA) is 113 Å². The molecule has 0 aromatic heterocycles. The summed E-state index contributed by atoms with van der Waals surface area (Å²) in [7, 11) is 0. The van der Waals surface area contributed by atoms with Gasteiger partial charge in [0.25, 0.3) is 5.69 Å². The summed E-state index contributed by atoms with van der Waals surface area (Å²) < 4.78 is 0. The van der Waals surface area contributed by atoms with Crippen LogP contribution in [0.15, 0.2) is 40.7 Å². The molecule has 0 spiro atoms. The van der Waals surface area contributed by atoms with E-state index in [9.17, 15) is 24.8 Å². The summed E-state index contributed by atoms with van der Waals surface area (Å²) in [5, 5.41) is 20.6. The predicted molar refractivity (Wildman–Crippen MR) is 91.2 cm³/mol. The Morgan fingerprint density at radius 1 is 1.36 bits per heavy atom. The zero-order valence-electron chi connectivity index (χ0n) is 14.2. The van der Waals surface area contributed by atoms with Crippen molar-refractivity contribution in [1.29, 1.82) is 0 Å². The number of nitro groups is 1. The van der Waals surface area contributed by atoms with E-state index in [4.69, 9.17) is 0 Å². The molecule has 0 saturated heterocycles. The molecule has 1 aromatic rings. The third kappa shape index (κ3) is 3.42. The summed E-state index contributed by atoms with van der Waals surface area (Å²) in [6, 6.07) is 5.73. The predicted octanol–water partition coefficient (Wildman–Crippen LogP) is 2.56. The van der Waals surface area contributed by atoms with Crippen molar-refractivity contribution >= 4 is 23.8 Å². The minimum Gasteiger partial charge on any atom is -0.481 e. The van der Waals surface area contributed by atoms with Crippen LogP contribution >= 0.6 is 0 Å². The Kier molecular flexibility index (Phi) is 5.31. The normalized spacial score (nSPS) is 20.0. The Balaban J connectivity index is 2.64. The lowest BCUT2D eigenvalue weighted by molar-refractivity contribution is -0.384. The third-order valence-electron chi connectivity index (χ3n) is 4.30. The second kappa shape index (κ2) is 7.25. The fourth-order valence-electron chi connectivity index (χ4n) is 3.18. The summed E-state index contributed by atoms with van der Waals surface area (Å²) >= 11 is 0. The van der Waals surface area contributed by atoms with Crippen LogP contribution in [0.1, 0.15) is 32.3 Å². The zero-order valence-corrected chi connectivity index (χ0v) is 14.2. The van der Waals surface area contributed by atoms with Gasteiger partial charge in [-0.15, -0.1) is 0 Å². The molecule has 0 bridgehead atoms. The molecule has 1 aromatic carbocycles. The van der Waals surface area contributed by atoms with E-state index in [-0.39, 0.29) is 5.69 Å². The number of nitro benzene ring substituents is 1. The van der Waals surface area contributed by atoms with Crippen LogP contribution in [0.25, 0.3) is 0 Å². The van der Waals surface area contributed by atoms with Crippen LogP contribution in [0.4, 0.5) is 5.69 Å². The lowest BCUT2D eigenvalue weighted by atomic mass is 9.78. The number of nitrogens with zero attached hydrogens (tertiary/aromatic N) is 3. The van der Waals surface area contributed by atoms with Crippen LogP contribution in [0.3, 0.4) is 0 Å². The summed E-state index contributed by atoms with van der Waals surface area (Å²) in [5.41, 5.74) is 2.00. The van der Waals surface area contributed by atoms with Crippen LogP contribution in [0.5, 0.6) is 0 Å². The molecule has 1 heterocycles. The molecule has 132 valence electrons. The second-order valence-corrected chi connectivity index (χ2v) is 5.76. The van der Waals surface area contributed by atoms with Gasteiger partial charge in [-0.2, -0.15) is 0 Å². The van der Waals surface area contributed by atoms with E-state index in [0.29, 0.717) is 35.6 Å². The monoisotopic (exact) mass is 345 g/mol.